The number of ether oxygens (including phenoxy) is 1. The van der Waals surface area contributed by atoms with Crippen LogP contribution in [0.5, 0.6) is 5.75 Å². The molecule has 0 unspecified atom stereocenters. The highest BCUT2D eigenvalue weighted by molar-refractivity contribution is 6.07. The van der Waals surface area contributed by atoms with Gasteiger partial charge in [0.2, 0.25) is 0 Å². The summed E-state index contributed by atoms with van der Waals surface area (Å²) < 4.78 is 5.38. The fourth-order valence-electron chi connectivity index (χ4n) is 11.8. The average Bonchev–Trinajstić information content (AvgIpc) is 0.848. The highest BCUT2D eigenvalue weighted by Crippen LogP contribution is 2.29. The minimum atomic E-state index is -0.0988. The number of carbonyl (C=O) groups excluding carboxylic acids is 5. The van der Waals surface area contributed by atoms with Crippen molar-refractivity contribution < 1.29 is 28.7 Å². The zero-order valence-electron chi connectivity index (χ0n) is 67.8. The molecule has 5 amide bonds. The second-order valence-electron chi connectivity index (χ2n) is 32.5. The average molecular weight is 1450 g/mol. The van der Waals surface area contributed by atoms with Crippen LogP contribution in [0.3, 0.4) is 0 Å². The molecular formula is C95H117N7O6. The van der Waals surface area contributed by atoms with Crippen molar-refractivity contribution in [3.05, 3.63) is 307 Å². The monoisotopic (exact) mass is 1450 g/mol. The normalized spacial score (nSPS) is 11.0. The van der Waals surface area contributed by atoms with Crippen LogP contribution in [0.4, 0.5) is 39.8 Å². The van der Waals surface area contributed by atoms with E-state index in [1.54, 1.807) is 37.4 Å². The predicted octanol–water partition coefficient (Wildman–Crippen LogP) is 23.2. The van der Waals surface area contributed by atoms with Crippen LogP contribution in [0.25, 0.3) is 0 Å². The van der Waals surface area contributed by atoms with Gasteiger partial charge in [-0.2, -0.15) is 0 Å². The topological polar surface area (TPSA) is 193 Å². The molecule has 108 heavy (non-hydrogen) atoms. The van der Waals surface area contributed by atoms with E-state index in [4.69, 9.17) is 10.5 Å². The molecule has 0 aliphatic carbocycles. The summed E-state index contributed by atoms with van der Waals surface area (Å²) in [5.74, 6) is 1.51. The Balaban J connectivity index is 0.000000211. The molecule has 0 fully saturated rings. The first-order valence-corrected chi connectivity index (χ1v) is 37.3. The maximum absolute atomic E-state index is 12.4. The van der Waals surface area contributed by atoms with E-state index in [0.717, 1.165) is 98.9 Å². The lowest BCUT2D eigenvalue weighted by Crippen LogP contribution is -2.26. The molecule has 10 rings (SSSR count). The van der Waals surface area contributed by atoms with E-state index in [1.807, 2.05) is 217 Å². The molecule has 10 aromatic carbocycles. The van der Waals surface area contributed by atoms with Gasteiger partial charge >= 0.3 is 0 Å². The second-order valence-corrected chi connectivity index (χ2v) is 32.5. The van der Waals surface area contributed by atoms with Gasteiger partial charge in [-0.25, -0.2) is 0 Å². The number of aryl methyl sites for hydroxylation is 7. The summed E-state index contributed by atoms with van der Waals surface area (Å²) in [6, 6.07) is 69.4. The molecule has 0 aliphatic rings. The molecule has 0 radical (unpaired) electrons. The molecule has 0 atom stereocenters. The number of benzene rings is 10. The van der Waals surface area contributed by atoms with Crippen LogP contribution in [-0.4, -0.2) is 42.2 Å². The summed E-state index contributed by atoms with van der Waals surface area (Å²) in [7, 11) is 1.66. The maximum Gasteiger partial charge on any atom is 0.255 e. The molecule has 0 saturated heterocycles. The number of carbonyl (C=O) groups is 5. The summed E-state index contributed by atoms with van der Waals surface area (Å²) in [4.78, 5) is 61.9. The van der Waals surface area contributed by atoms with Crippen LogP contribution in [0, 0.1) is 71.1 Å². The van der Waals surface area contributed by atoms with Gasteiger partial charge in [-0.1, -0.05) is 148 Å². The SMILES string of the molecule is COc1ccc(C(=O)Nc2cccc(C)c2)cc1CC(C)C.Cc1ccc(C(=O)Nc2ccc(N)cc2)cc1CC(C)C.Cc1cccc(NC(=O)c2ccc(C)c(CC(C)(C)C)c2)c1.Cc1cccc(NC(=O)c2ccc(C)c(NC(C)(C)C)c2)c1.Cc1cccc(NC(=O)c2cccc(CC(C)(C)C)c2)c1. The van der Waals surface area contributed by atoms with Crippen molar-refractivity contribution in [3.8, 4) is 5.75 Å². The second kappa shape index (κ2) is 40.1. The van der Waals surface area contributed by atoms with Crippen molar-refractivity contribution in [2.24, 2.45) is 22.7 Å². The minimum absolute atomic E-state index is 0.0452. The van der Waals surface area contributed by atoms with Crippen LogP contribution < -0.4 is 42.4 Å². The first-order valence-electron chi connectivity index (χ1n) is 37.3. The van der Waals surface area contributed by atoms with Crippen molar-refractivity contribution >= 4 is 69.3 Å². The number of nitrogen functional groups attached to an aromatic ring is 1. The Morgan fingerprint density at radius 2 is 0.694 bits per heavy atom. The minimum Gasteiger partial charge on any atom is -0.496 e. The van der Waals surface area contributed by atoms with E-state index in [-0.39, 0.29) is 45.9 Å². The van der Waals surface area contributed by atoms with Gasteiger partial charge in [0.15, 0.2) is 0 Å². The molecule has 0 heterocycles. The quantitative estimate of drug-likeness (QED) is 0.0413. The molecule has 0 bridgehead atoms. The molecule has 13 nitrogen and oxygen atoms in total. The molecule has 568 valence electrons. The van der Waals surface area contributed by atoms with E-state index in [1.165, 1.54) is 27.8 Å². The molecular weight excluding hydrogens is 1340 g/mol. The smallest absolute Gasteiger partial charge is 0.255 e. The zero-order chi connectivity index (χ0) is 79.6. The van der Waals surface area contributed by atoms with E-state index in [0.29, 0.717) is 45.3 Å². The third-order valence-electron chi connectivity index (χ3n) is 16.9. The van der Waals surface area contributed by atoms with Crippen LogP contribution in [-0.2, 0) is 25.7 Å². The van der Waals surface area contributed by atoms with Crippen molar-refractivity contribution in [1.29, 1.82) is 0 Å². The van der Waals surface area contributed by atoms with Gasteiger partial charge in [0.1, 0.15) is 5.75 Å². The largest absolute Gasteiger partial charge is 0.496 e. The fourth-order valence-corrected chi connectivity index (χ4v) is 11.8. The molecule has 0 aliphatic heterocycles. The van der Waals surface area contributed by atoms with E-state index < -0.39 is 0 Å². The fraction of sp³-hybridized carbons (Fsp3) is 0.316. The molecule has 13 heteroatoms. The number of rotatable bonds is 18. The van der Waals surface area contributed by atoms with Gasteiger partial charge in [0.05, 0.1) is 7.11 Å². The number of methoxy groups -OCH3 is 1. The highest BCUT2D eigenvalue weighted by Gasteiger charge is 2.19. The summed E-state index contributed by atoms with van der Waals surface area (Å²) in [6.07, 6.45) is 3.78. The van der Waals surface area contributed by atoms with Gasteiger partial charge in [-0.05, 0) is 318 Å². The Labute approximate surface area is 644 Å². The Morgan fingerprint density at radius 1 is 0.352 bits per heavy atom. The summed E-state index contributed by atoms with van der Waals surface area (Å²) in [6.45, 7) is 42.5. The number of hydrogen-bond acceptors (Lipinski definition) is 8. The number of amides is 5. The van der Waals surface area contributed by atoms with Crippen LogP contribution in [0.2, 0.25) is 0 Å². The van der Waals surface area contributed by atoms with Crippen molar-refractivity contribution in [3.63, 3.8) is 0 Å². The number of anilines is 7. The predicted molar refractivity (Wildman–Crippen MR) is 455 cm³/mol. The van der Waals surface area contributed by atoms with Crippen molar-refractivity contribution in [2.45, 2.75) is 170 Å². The third kappa shape index (κ3) is 30.4. The number of nitrogens with one attached hydrogen (secondary N) is 6. The molecule has 0 saturated carbocycles. The van der Waals surface area contributed by atoms with Crippen LogP contribution >= 0.6 is 0 Å². The van der Waals surface area contributed by atoms with Crippen LogP contribution in [0.1, 0.15) is 203 Å². The molecule has 0 spiro atoms. The highest BCUT2D eigenvalue weighted by atomic mass is 16.5. The van der Waals surface area contributed by atoms with Gasteiger partial charge in [-0.15, -0.1) is 0 Å². The van der Waals surface area contributed by atoms with Crippen molar-refractivity contribution in [1.82, 2.24) is 0 Å². The maximum atomic E-state index is 12.4. The lowest BCUT2D eigenvalue weighted by atomic mass is 9.86. The van der Waals surface area contributed by atoms with Gasteiger partial charge in [0, 0.05) is 73.2 Å². The van der Waals surface area contributed by atoms with E-state index in [9.17, 15) is 24.0 Å². The first kappa shape index (κ1) is 85.9. The molecule has 8 N–H and O–H groups in total. The molecule has 0 aromatic heterocycles. The Hall–Kier alpha value is -11.1. The van der Waals surface area contributed by atoms with E-state index >= 15 is 0 Å². The summed E-state index contributed by atoms with van der Waals surface area (Å²) in [5, 5.41) is 18.1. The lowest BCUT2D eigenvalue weighted by Gasteiger charge is -2.24. The zero-order valence-corrected chi connectivity index (χ0v) is 67.8. The Bertz CT molecular complexity index is 4540. The Kier molecular flexibility index (Phi) is 31.9. The van der Waals surface area contributed by atoms with E-state index in [2.05, 4.69) is 142 Å². The summed E-state index contributed by atoms with van der Waals surface area (Å²) in [5.41, 5.74) is 28.0. The van der Waals surface area contributed by atoms with Gasteiger partial charge in [-0.3, -0.25) is 24.0 Å². The van der Waals surface area contributed by atoms with Gasteiger partial charge in [0.25, 0.3) is 29.5 Å². The standard InChI is InChI=1S/C20H25NO.C19H24N2O.C19H23NO2.C19H23NO.C18H22N2O/c1-14-7-6-8-18(11-14)21-19(22)16-10-9-15(2)17(12-16)13-20(3,4)5;1-13-7-6-8-16(11-13)20-18(22)15-10-9-14(2)17(12-15)21-19(3,4)5;1-13(2)10-16-12-15(8-9-18(16)22-4)19(21)20-17-7-5-6-14(3)11-17;1-14-7-5-10-17(11-14)20-18(21)16-9-6-8-15(12-16)13-19(2,3)4;1-12(2)10-15-11-14(5-4-13(15)3)18(21)20-17-8-6-16(19)7-9-17/h6-12H,13H2,1-5H3,(H,21,22);6-12,21H,1-5H3,(H,20,22);5-9,11-13H,10H2,1-4H3,(H,20,21);5-12H,13H2,1-4H3,(H,20,21);4-9,11-12H,10,19H2,1-3H3,(H,20,21). The third-order valence-corrected chi connectivity index (χ3v) is 16.9. The summed E-state index contributed by atoms with van der Waals surface area (Å²) >= 11 is 0. The van der Waals surface area contributed by atoms with Crippen molar-refractivity contribution in [2.75, 3.05) is 44.7 Å². The first-order chi connectivity index (χ1) is 50.8. The lowest BCUT2D eigenvalue weighted by molar-refractivity contribution is 0.101. The number of hydrogen-bond donors (Lipinski definition) is 7. The molecule has 10 aromatic rings. The van der Waals surface area contributed by atoms with Gasteiger partial charge < -0.3 is 42.4 Å². The Morgan fingerprint density at radius 3 is 1.08 bits per heavy atom. The van der Waals surface area contributed by atoms with Crippen LogP contribution in [0.15, 0.2) is 218 Å². The number of nitrogens with two attached hydrogens (primary N) is 1.